The number of hydrogen-bond donors (Lipinski definition) is 1. The van der Waals surface area contributed by atoms with E-state index < -0.39 is 15.6 Å². The zero-order chi connectivity index (χ0) is 14.8. The zero-order valence-corrected chi connectivity index (χ0v) is 12.2. The van der Waals surface area contributed by atoms with Crippen LogP contribution in [0, 0.1) is 11.3 Å². The number of benzene rings is 1. The molecule has 6 heteroatoms. The molecule has 0 heterocycles. The van der Waals surface area contributed by atoms with Gasteiger partial charge in [0, 0.05) is 13.6 Å². The van der Waals surface area contributed by atoms with Crippen molar-refractivity contribution >= 4 is 10.0 Å². The van der Waals surface area contributed by atoms with E-state index in [4.69, 9.17) is 5.26 Å². The van der Waals surface area contributed by atoms with Crippen molar-refractivity contribution in [3.8, 4) is 6.07 Å². The predicted octanol–water partition coefficient (Wildman–Crippen LogP) is 1.48. The van der Waals surface area contributed by atoms with E-state index in [9.17, 15) is 13.5 Å². The van der Waals surface area contributed by atoms with Crippen LogP contribution in [0.2, 0.25) is 0 Å². The lowest BCUT2D eigenvalue weighted by Crippen LogP contribution is -2.42. The summed E-state index contributed by atoms with van der Waals surface area (Å²) in [5.74, 6) is 0. The molecular weight excluding hydrogens is 276 g/mol. The van der Waals surface area contributed by atoms with E-state index >= 15 is 0 Å². The summed E-state index contributed by atoms with van der Waals surface area (Å²) in [5, 5.41) is 19.3. The second kappa shape index (κ2) is 5.52. The first-order chi connectivity index (χ1) is 9.39. The summed E-state index contributed by atoms with van der Waals surface area (Å²) in [7, 11) is -2.31. The third-order valence-electron chi connectivity index (χ3n) is 3.75. The van der Waals surface area contributed by atoms with Gasteiger partial charge in [0.05, 0.1) is 16.1 Å². The number of hydrogen-bond acceptors (Lipinski definition) is 4. The van der Waals surface area contributed by atoms with Gasteiger partial charge in [0.2, 0.25) is 10.0 Å². The van der Waals surface area contributed by atoms with Gasteiger partial charge in [-0.2, -0.15) is 9.57 Å². The Morgan fingerprint density at radius 2 is 1.95 bits per heavy atom. The Morgan fingerprint density at radius 3 is 2.55 bits per heavy atom. The number of aliphatic hydroxyl groups is 1. The maximum Gasteiger partial charge on any atom is 0.244 e. The number of sulfonamides is 1. The Kier molecular flexibility index (Phi) is 4.14. The summed E-state index contributed by atoms with van der Waals surface area (Å²) in [5.41, 5.74) is -0.818. The molecule has 5 nitrogen and oxygen atoms in total. The Hall–Kier alpha value is -1.42. The van der Waals surface area contributed by atoms with E-state index in [1.165, 1.54) is 19.2 Å². The minimum absolute atomic E-state index is 0.00778. The van der Waals surface area contributed by atoms with Crippen LogP contribution in [-0.4, -0.2) is 37.0 Å². The van der Waals surface area contributed by atoms with Crippen LogP contribution in [-0.2, 0) is 10.0 Å². The molecule has 0 atom stereocenters. The summed E-state index contributed by atoms with van der Waals surface area (Å²) in [4.78, 5) is -0.00778. The molecule has 1 aromatic rings. The first kappa shape index (κ1) is 15.0. The van der Waals surface area contributed by atoms with Crippen LogP contribution in [0.5, 0.6) is 0 Å². The molecule has 1 saturated carbocycles. The zero-order valence-electron chi connectivity index (χ0n) is 11.4. The number of nitrogens with zero attached hydrogens (tertiary/aromatic N) is 2. The lowest BCUT2D eigenvalue weighted by Gasteiger charge is -2.28. The average Bonchev–Trinajstić information content (AvgIpc) is 2.85. The van der Waals surface area contributed by atoms with Gasteiger partial charge < -0.3 is 5.11 Å². The van der Waals surface area contributed by atoms with Gasteiger partial charge in [-0.15, -0.1) is 0 Å². The maximum atomic E-state index is 12.5. The highest BCUT2D eigenvalue weighted by molar-refractivity contribution is 7.89. The molecule has 1 fully saturated rings. The average molecular weight is 294 g/mol. The van der Waals surface area contributed by atoms with Crippen LogP contribution in [0.4, 0.5) is 0 Å². The Labute approximate surface area is 119 Å². The lowest BCUT2D eigenvalue weighted by molar-refractivity contribution is 0.0333. The molecule has 0 aromatic heterocycles. The third kappa shape index (κ3) is 2.85. The van der Waals surface area contributed by atoms with Crippen molar-refractivity contribution in [1.82, 2.24) is 4.31 Å². The van der Waals surface area contributed by atoms with Gasteiger partial charge in [-0.25, -0.2) is 8.42 Å². The third-order valence-corrected chi connectivity index (χ3v) is 5.61. The van der Waals surface area contributed by atoms with E-state index in [0.29, 0.717) is 12.8 Å². The number of likely N-dealkylation sites (N-methyl/N-ethyl adjacent to an activating group) is 1. The van der Waals surface area contributed by atoms with Crippen LogP contribution < -0.4 is 0 Å². The van der Waals surface area contributed by atoms with E-state index in [0.717, 1.165) is 17.1 Å². The topological polar surface area (TPSA) is 81.4 Å². The van der Waals surface area contributed by atoms with Crippen molar-refractivity contribution in [2.24, 2.45) is 0 Å². The van der Waals surface area contributed by atoms with Gasteiger partial charge in [-0.3, -0.25) is 0 Å². The lowest BCUT2D eigenvalue weighted by atomic mass is 10.0. The normalized spacial score (nSPS) is 18.1. The van der Waals surface area contributed by atoms with Crippen LogP contribution in [0.3, 0.4) is 0 Å². The summed E-state index contributed by atoms with van der Waals surface area (Å²) >= 11 is 0. The van der Waals surface area contributed by atoms with Crippen molar-refractivity contribution in [3.05, 3.63) is 29.8 Å². The molecule has 0 amide bonds. The highest BCUT2D eigenvalue weighted by atomic mass is 32.2. The van der Waals surface area contributed by atoms with E-state index in [-0.39, 0.29) is 17.0 Å². The van der Waals surface area contributed by atoms with Crippen molar-refractivity contribution in [2.75, 3.05) is 13.6 Å². The molecule has 0 aliphatic heterocycles. The van der Waals surface area contributed by atoms with Gasteiger partial charge >= 0.3 is 0 Å². The minimum atomic E-state index is -3.76. The monoisotopic (exact) mass is 294 g/mol. The van der Waals surface area contributed by atoms with Crippen molar-refractivity contribution in [1.29, 1.82) is 5.26 Å². The van der Waals surface area contributed by atoms with E-state index in [2.05, 4.69) is 0 Å². The van der Waals surface area contributed by atoms with Crippen molar-refractivity contribution in [2.45, 2.75) is 36.2 Å². The van der Waals surface area contributed by atoms with Gasteiger partial charge in [0.25, 0.3) is 0 Å². The molecule has 0 bridgehead atoms. The highest BCUT2D eigenvalue weighted by Gasteiger charge is 2.36. The van der Waals surface area contributed by atoms with Gasteiger partial charge in [-0.05, 0) is 25.0 Å². The summed E-state index contributed by atoms with van der Waals surface area (Å²) < 4.78 is 26.2. The Morgan fingerprint density at radius 1 is 1.35 bits per heavy atom. The largest absolute Gasteiger partial charge is 0.389 e. The summed E-state index contributed by atoms with van der Waals surface area (Å²) in [6, 6.07) is 8.00. The Bertz CT molecular complexity index is 628. The molecule has 0 unspecified atom stereocenters. The van der Waals surface area contributed by atoms with Crippen LogP contribution in [0.15, 0.2) is 29.2 Å². The Balaban J connectivity index is 2.28. The molecule has 20 heavy (non-hydrogen) atoms. The highest BCUT2D eigenvalue weighted by Crippen LogP contribution is 2.31. The van der Waals surface area contributed by atoms with Gasteiger partial charge in [0.15, 0.2) is 0 Å². The van der Waals surface area contributed by atoms with Crippen LogP contribution >= 0.6 is 0 Å². The van der Waals surface area contributed by atoms with E-state index in [1.807, 2.05) is 6.07 Å². The fourth-order valence-corrected chi connectivity index (χ4v) is 4.03. The molecule has 0 saturated heterocycles. The number of rotatable bonds is 4. The molecule has 0 spiro atoms. The smallest absolute Gasteiger partial charge is 0.244 e. The van der Waals surface area contributed by atoms with Crippen molar-refractivity contribution < 1.29 is 13.5 Å². The van der Waals surface area contributed by atoms with Gasteiger partial charge in [0.1, 0.15) is 6.07 Å². The fourth-order valence-electron chi connectivity index (χ4n) is 2.64. The number of nitriles is 1. The molecule has 1 aliphatic rings. The molecular formula is C14H18N2O3S. The minimum Gasteiger partial charge on any atom is -0.389 e. The summed E-state index contributed by atoms with van der Waals surface area (Å²) in [6.45, 7) is 0.0646. The fraction of sp³-hybridized carbons (Fsp3) is 0.500. The second-order valence-corrected chi connectivity index (χ2v) is 7.31. The quantitative estimate of drug-likeness (QED) is 0.912. The molecule has 2 rings (SSSR count). The molecule has 1 N–H and O–H groups in total. The van der Waals surface area contributed by atoms with Gasteiger partial charge in [-0.1, -0.05) is 25.0 Å². The first-order valence-corrected chi connectivity index (χ1v) is 8.01. The summed E-state index contributed by atoms with van der Waals surface area (Å²) in [6.07, 6.45) is 3.07. The SMILES string of the molecule is CN(CC1(O)CCCC1)S(=O)(=O)c1ccccc1C#N. The van der Waals surface area contributed by atoms with Crippen LogP contribution in [0.1, 0.15) is 31.2 Å². The second-order valence-electron chi connectivity index (χ2n) is 5.30. The molecule has 1 aliphatic carbocycles. The molecule has 108 valence electrons. The molecule has 1 aromatic carbocycles. The standard InChI is InChI=1S/C14H18N2O3S/c1-16(11-14(17)8-4-5-9-14)20(18,19)13-7-3-2-6-12(13)10-15/h2-3,6-7,17H,4-5,8-9,11H2,1H3. The van der Waals surface area contributed by atoms with Crippen molar-refractivity contribution in [3.63, 3.8) is 0 Å². The predicted molar refractivity (Wildman–Crippen MR) is 74.4 cm³/mol. The molecule has 0 radical (unpaired) electrons. The van der Waals surface area contributed by atoms with E-state index in [1.54, 1.807) is 12.1 Å². The van der Waals surface area contributed by atoms with Crippen LogP contribution in [0.25, 0.3) is 0 Å². The maximum absolute atomic E-state index is 12.5. The first-order valence-electron chi connectivity index (χ1n) is 6.57.